The lowest BCUT2D eigenvalue weighted by atomic mass is 10.0. The molecule has 10 heteroatoms. The van der Waals surface area contributed by atoms with Crippen molar-refractivity contribution in [2.45, 2.75) is 19.9 Å². The van der Waals surface area contributed by atoms with E-state index in [0.29, 0.717) is 35.1 Å². The van der Waals surface area contributed by atoms with Crippen molar-refractivity contribution >= 4 is 52.9 Å². The van der Waals surface area contributed by atoms with Gasteiger partial charge in [0.2, 0.25) is 5.95 Å². The molecule has 190 valence electrons. The normalized spacial score (nSPS) is 17.7. The van der Waals surface area contributed by atoms with E-state index in [-0.39, 0.29) is 0 Å². The Kier molecular flexibility index (Phi) is 6.86. The first kappa shape index (κ1) is 24.9. The van der Waals surface area contributed by atoms with Gasteiger partial charge in [-0.25, -0.2) is 4.98 Å². The molecule has 2 aromatic carbocycles. The minimum Gasteiger partial charge on any atom is -0.489 e. The van der Waals surface area contributed by atoms with Crippen molar-refractivity contribution in [1.29, 1.82) is 0 Å². The van der Waals surface area contributed by atoms with Crippen LogP contribution in [0.25, 0.3) is 0 Å². The van der Waals surface area contributed by atoms with Crippen LogP contribution in [0.1, 0.15) is 12.5 Å². The molecule has 3 heterocycles. The molecule has 0 saturated carbocycles. The first-order valence-electron chi connectivity index (χ1n) is 12.2. The highest BCUT2D eigenvalue weighted by Gasteiger charge is 2.33. The van der Waals surface area contributed by atoms with E-state index in [1.54, 1.807) is 19.5 Å². The lowest BCUT2D eigenvalue weighted by molar-refractivity contribution is 0.172. The van der Waals surface area contributed by atoms with E-state index in [0.717, 1.165) is 48.5 Å². The molecule has 2 aliphatic heterocycles. The zero-order valence-corrected chi connectivity index (χ0v) is 22.7. The topological polar surface area (TPSA) is 82.6 Å². The van der Waals surface area contributed by atoms with Crippen molar-refractivity contribution in [2.24, 2.45) is 0 Å². The molecule has 0 aliphatic carbocycles. The molecular formula is C26H32ClN6O2P. The van der Waals surface area contributed by atoms with Crippen molar-refractivity contribution in [3.8, 4) is 5.75 Å². The number of benzene rings is 2. The highest BCUT2D eigenvalue weighted by Crippen LogP contribution is 2.41. The lowest BCUT2D eigenvalue weighted by Gasteiger charge is -2.46. The van der Waals surface area contributed by atoms with E-state index >= 15 is 0 Å². The van der Waals surface area contributed by atoms with Gasteiger partial charge in [-0.2, -0.15) is 4.98 Å². The quantitative estimate of drug-likeness (QED) is 0.430. The Morgan fingerprint density at radius 3 is 2.78 bits per heavy atom. The first-order valence-corrected chi connectivity index (χ1v) is 15.2. The van der Waals surface area contributed by atoms with Gasteiger partial charge in [-0.05, 0) is 50.6 Å². The van der Waals surface area contributed by atoms with Gasteiger partial charge in [0.25, 0.3) is 0 Å². The number of nitrogens with zero attached hydrogens (tertiary/aromatic N) is 4. The molecule has 0 spiro atoms. The largest absolute Gasteiger partial charge is 0.489 e. The fourth-order valence-electron chi connectivity index (χ4n) is 4.95. The van der Waals surface area contributed by atoms with Gasteiger partial charge in [-0.3, -0.25) is 4.90 Å². The molecule has 1 aromatic heterocycles. The van der Waals surface area contributed by atoms with Crippen molar-refractivity contribution < 1.29 is 9.30 Å². The Morgan fingerprint density at radius 2 is 2.00 bits per heavy atom. The lowest BCUT2D eigenvalue weighted by Crippen LogP contribution is -2.57. The number of hydrogen-bond acceptors (Lipinski definition) is 8. The molecule has 0 bridgehead atoms. The standard InChI is InChI=1S/C26H32ClN6O2P/c1-5-32-10-11-33-19(15-32)16-35-22-13-18(12-17(2)24(22)33)29-26-28-14-20(27)25(31-26)30-21-8-6-7-9-23(21)36(3,4)34/h6-9,12-14,19H,5,10-11,15-16H2,1-4H3,(H2,28,29,30,31)/t19-/m0/s1. The van der Waals surface area contributed by atoms with Crippen LogP contribution in [0.4, 0.5) is 28.8 Å². The summed E-state index contributed by atoms with van der Waals surface area (Å²) in [5.41, 5.74) is 3.88. The second-order valence-electron chi connectivity index (χ2n) is 9.70. The molecule has 1 saturated heterocycles. The van der Waals surface area contributed by atoms with Gasteiger partial charge in [0.15, 0.2) is 5.82 Å². The number of fused-ring (bicyclic) bond motifs is 3. The van der Waals surface area contributed by atoms with Gasteiger partial charge >= 0.3 is 0 Å². The summed E-state index contributed by atoms with van der Waals surface area (Å²) in [6.07, 6.45) is 1.55. The molecule has 5 rings (SSSR count). The van der Waals surface area contributed by atoms with Crippen LogP contribution in [-0.2, 0) is 4.57 Å². The summed E-state index contributed by atoms with van der Waals surface area (Å²) in [6.45, 7) is 12.6. The minimum absolute atomic E-state index is 0.375. The number of hydrogen-bond donors (Lipinski definition) is 2. The second kappa shape index (κ2) is 9.92. The molecule has 8 nitrogen and oxygen atoms in total. The molecule has 1 fully saturated rings. The van der Waals surface area contributed by atoms with Crippen LogP contribution in [0.2, 0.25) is 5.02 Å². The summed E-state index contributed by atoms with van der Waals surface area (Å²) in [6, 6.07) is 12.0. The van der Waals surface area contributed by atoms with Crippen LogP contribution in [0.3, 0.4) is 0 Å². The number of piperazine rings is 1. The van der Waals surface area contributed by atoms with E-state index in [4.69, 9.17) is 16.3 Å². The zero-order chi connectivity index (χ0) is 25.4. The molecule has 0 unspecified atom stereocenters. The number of halogens is 1. The van der Waals surface area contributed by atoms with Gasteiger partial charge < -0.3 is 24.8 Å². The Hall–Kier alpha value is -2.80. The zero-order valence-electron chi connectivity index (χ0n) is 21.1. The van der Waals surface area contributed by atoms with Gasteiger partial charge in [0.1, 0.15) is 24.5 Å². The van der Waals surface area contributed by atoms with E-state index in [1.807, 2.05) is 30.3 Å². The molecule has 36 heavy (non-hydrogen) atoms. The van der Waals surface area contributed by atoms with E-state index in [9.17, 15) is 4.57 Å². The summed E-state index contributed by atoms with van der Waals surface area (Å²) in [7, 11) is -2.49. The van der Waals surface area contributed by atoms with Gasteiger partial charge in [-0.15, -0.1) is 0 Å². The first-order chi connectivity index (χ1) is 17.2. The summed E-state index contributed by atoms with van der Waals surface area (Å²) < 4.78 is 19.0. The van der Waals surface area contributed by atoms with E-state index < -0.39 is 7.14 Å². The molecule has 3 aromatic rings. The fourth-order valence-corrected chi connectivity index (χ4v) is 6.24. The number of aromatic nitrogens is 2. The third kappa shape index (κ3) is 5.03. The van der Waals surface area contributed by atoms with Gasteiger partial charge in [-0.1, -0.05) is 30.7 Å². The summed E-state index contributed by atoms with van der Waals surface area (Å²) in [5.74, 6) is 1.72. The number of para-hydroxylation sites is 1. The van der Waals surface area contributed by atoms with Crippen LogP contribution < -0.4 is 25.6 Å². The van der Waals surface area contributed by atoms with Crippen LogP contribution in [0.5, 0.6) is 5.75 Å². The molecule has 2 N–H and O–H groups in total. The fraction of sp³-hybridized carbons (Fsp3) is 0.385. The number of ether oxygens (including phenoxy) is 1. The Morgan fingerprint density at radius 1 is 1.19 bits per heavy atom. The predicted octanol–water partition coefficient (Wildman–Crippen LogP) is 5.08. The molecule has 0 amide bonds. The number of anilines is 5. The third-order valence-electron chi connectivity index (χ3n) is 6.74. The van der Waals surface area contributed by atoms with Crippen LogP contribution >= 0.6 is 18.7 Å². The minimum atomic E-state index is -2.49. The maximum atomic E-state index is 12.8. The van der Waals surface area contributed by atoms with Gasteiger partial charge in [0, 0.05) is 36.7 Å². The number of likely N-dealkylation sites (N-methyl/N-ethyl adjacent to an activating group) is 1. The Bertz CT molecular complexity index is 1330. The average molecular weight is 527 g/mol. The summed E-state index contributed by atoms with van der Waals surface area (Å²) in [4.78, 5) is 13.9. The molecule has 1 atom stereocenters. The highest BCUT2D eigenvalue weighted by atomic mass is 35.5. The van der Waals surface area contributed by atoms with E-state index in [2.05, 4.69) is 50.3 Å². The third-order valence-corrected chi connectivity index (χ3v) is 8.56. The predicted molar refractivity (Wildman–Crippen MR) is 149 cm³/mol. The van der Waals surface area contributed by atoms with Crippen molar-refractivity contribution in [3.05, 3.63) is 53.2 Å². The Labute approximate surface area is 217 Å². The summed E-state index contributed by atoms with van der Waals surface area (Å²) >= 11 is 6.41. The maximum Gasteiger partial charge on any atom is 0.229 e. The Balaban J connectivity index is 1.39. The molecule has 2 aliphatic rings. The molecule has 0 radical (unpaired) electrons. The van der Waals surface area contributed by atoms with Crippen molar-refractivity contribution in [3.63, 3.8) is 0 Å². The number of rotatable bonds is 6. The number of nitrogens with one attached hydrogen (secondary N) is 2. The van der Waals surface area contributed by atoms with Crippen LogP contribution in [-0.4, -0.2) is 67.0 Å². The van der Waals surface area contributed by atoms with Crippen LogP contribution in [0.15, 0.2) is 42.6 Å². The second-order valence-corrected chi connectivity index (χ2v) is 13.3. The van der Waals surface area contributed by atoms with Crippen LogP contribution in [0, 0.1) is 6.92 Å². The highest BCUT2D eigenvalue weighted by molar-refractivity contribution is 7.70. The van der Waals surface area contributed by atoms with Crippen molar-refractivity contribution in [2.75, 3.05) is 61.6 Å². The van der Waals surface area contributed by atoms with Crippen molar-refractivity contribution in [1.82, 2.24) is 14.9 Å². The maximum absolute atomic E-state index is 12.8. The number of aryl methyl sites for hydroxylation is 1. The average Bonchev–Trinajstić information content (AvgIpc) is 2.85. The SMILES string of the molecule is CCN1CCN2c3c(C)cc(Nc4ncc(Cl)c(Nc5ccccc5P(C)(C)=O)n4)cc3OC[C@@H]2C1. The smallest absolute Gasteiger partial charge is 0.229 e. The summed E-state index contributed by atoms with van der Waals surface area (Å²) in [5, 5.41) is 7.66. The van der Waals surface area contributed by atoms with E-state index in [1.165, 1.54) is 5.69 Å². The van der Waals surface area contributed by atoms with Gasteiger partial charge in [0.05, 0.1) is 23.6 Å². The molecular weight excluding hydrogens is 495 g/mol. The monoisotopic (exact) mass is 526 g/mol.